The van der Waals surface area contributed by atoms with Crippen molar-refractivity contribution < 1.29 is 4.74 Å². The van der Waals surface area contributed by atoms with Crippen molar-refractivity contribution >= 4 is 11.8 Å². The third-order valence-corrected chi connectivity index (χ3v) is 7.24. The molecule has 0 aromatic carbocycles. The van der Waals surface area contributed by atoms with E-state index >= 15 is 0 Å². The van der Waals surface area contributed by atoms with Crippen molar-refractivity contribution in [2.75, 3.05) is 57.9 Å². The van der Waals surface area contributed by atoms with Crippen LogP contribution in [0.1, 0.15) is 56.9 Å². The average molecular weight is 429 g/mol. The van der Waals surface area contributed by atoms with Crippen LogP contribution in [0.2, 0.25) is 0 Å². The Bertz CT molecular complexity index is 706. The number of morpholine rings is 1. The number of pyridine rings is 1. The Morgan fingerprint density at radius 1 is 1.03 bits per heavy atom. The predicted octanol–water partition coefficient (Wildman–Crippen LogP) is 2.77. The Kier molecular flexibility index (Phi) is 8.03. The van der Waals surface area contributed by atoms with E-state index in [9.17, 15) is 0 Å². The average Bonchev–Trinajstić information content (AvgIpc) is 2.86. The number of piperidine rings is 1. The molecule has 3 fully saturated rings. The van der Waals surface area contributed by atoms with E-state index in [2.05, 4.69) is 36.5 Å². The van der Waals surface area contributed by atoms with Gasteiger partial charge in [-0.2, -0.15) is 0 Å². The molecule has 0 amide bonds. The number of nitrogens with zero attached hydrogens (tertiary/aromatic N) is 4. The molecule has 1 aliphatic carbocycles. The van der Waals surface area contributed by atoms with E-state index in [0.29, 0.717) is 5.54 Å². The highest BCUT2D eigenvalue weighted by Crippen LogP contribution is 2.35. The molecule has 3 heterocycles. The van der Waals surface area contributed by atoms with Crippen molar-refractivity contribution in [3.63, 3.8) is 0 Å². The summed E-state index contributed by atoms with van der Waals surface area (Å²) in [4.78, 5) is 14.3. The zero-order valence-corrected chi connectivity index (χ0v) is 19.2. The monoisotopic (exact) mass is 428 g/mol. The summed E-state index contributed by atoms with van der Waals surface area (Å²) in [6.07, 6.45) is 12.7. The maximum absolute atomic E-state index is 5.51. The van der Waals surface area contributed by atoms with Crippen molar-refractivity contribution in [2.24, 2.45) is 4.99 Å². The molecule has 7 nitrogen and oxygen atoms in total. The highest BCUT2D eigenvalue weighted by atomic mass is 16.5. The lowest BCUT2D eigenvalue weighted by molar-refractivity contribution is 0.0368. The first-order chi connectivity index (χ1) is 15.3. The number of aliphatic imine (C=N–C) groups is 1. The fourth-order valence-corrected chi connectivity index (χ4v) is 5.46. The Hall–Kier alpha value is -1.86. The number of ether oxygens (including phenoxy) is 1. The van der Waals surface area contributed by atoms with E-state index in [4.69, 9.17) is 4.74 Å². The van der Waals surface area contributed by atoms with Gasteiger partial charge >= 0.3 is 0 Å². The molecule has 0 spiro atoms. The molecule has 1 aromatic rings. The van der Waals surface area contributed by atoms with Crippen molar-refractivity contribution in [2.45, 2.75) is 63.5 Å². The van der Waals surface area contributed by atoms with E-state index < -0.39 is 0 Å². The minimum atomic E-state index is 0.295. The first-order valence-corrected chi connectivity index (χ1v) is 12.3. The Balaban J connectivity index is 1.36. The molecular weight excluding hydrogens is 388 g/mol. The maximum Gasteiger partial charge on any atom is 0.191 e. The van der Waals surface area contributed by atoms with Crippen LogP contribution >= 0.6 is 0 Å². The first-order valence-electron chi connectivity index (χ1n) is 12.3. The number of hydrogen-bond acceptors (Lipinski definition) is 5. The van der Waals surface area contributed by atoms with Gasteiger partial charge in [0.25, 0.3) is 0 Å². The predicted molar refractivity (Wildman–Crippen MR) is 127 cm³/mol. The lowest BCUT2D eigenvalue weighted by atomic mass is 9.79. The molecule has 0 atom stereocenters. The molecule has 4 rings (SSSR count). The highest BCUT2D eigenvalue weighted by Gasteiger charge is 2.38. The third-order valence-electron chi connectivity index (χ3n) is 7.24. The summed E-state index contributed by atoms with van der Waals surface area (Å²) >= 11 is 0. The normalized spacial score (nSPS) is 22.9. The molecule has 2 N–H and O–H groups in total. The van der Waals surface area contributed by atoms with Crippen LogP contribution in [0.5, 0.6) is 0 Å². The van der Waals surface area contributed by atoms with Crippen LogP contribution in [-0.4, -0.2) is 74.4 Å². The SMILES string of the molecule is CN=C(NCc1cccnc1N1CCOCC1)NCC1(N2CCCCC2)CCCCC1. The Morgan fingerprint density at radius 3 is 2.52 bits per heavy atom. The molecule has 0 radical (unpaired) electrons. The van der Waals surface area contributed by atoms with Crippen LogP contribution in [-0.2, 0) is 11.3 Å². The quantitative estimate of drug-likeness (QED) is 0.537. The van der Waals surface area contributed by atoms with Gasteiger partial charge in [-0.15, -0.1) is 0 Å². The molecule has 172 valence electrons. The van der Waals surface area contributed by atoms with Crippen molar-refractivity contribution in [1.82, 2.24) is 20.5 Å². The zero-order valence-electron chi connectivity index (χ0n) is 19.2. The summed E-state index contributed by atoms with van der Waals surface area (Å²) in [6.45, 7) is 7.55. The molecule has 2 saturated heterocycles. The lowest BCUT2D eigenvalue weighted by Gasteiger charge is -2.48. The van der Waals surface area contributed by atoms with Gasteiger partial charge in [-0.25, -0.2) is 4.98 Å². The number of nitrogens with one attached hydrogen (secondary N) is 2. The van der Waals surface area contributed by atoms with E-state index in [1.165, 1.54) is 70.0 Å². The lowest BCUT2D eigenvalue weighted by Crippen LogP contribution is -2.59. The van der Waals surface area contributed by atoms with E-state index in [0.717, 1.165) is 51.2 Å². The van der Waals surface area contributed by atoms with Crippen LogP contribution in [0, 0.1) is 0 Å². The molecule has 0 bridgehead atoms. The topological polar surface area (TPSA) is 65.0 Å². The number of guanidine groups is 1. The van der Waals surface area contributed by atoms with Gasteiger partial charge in [0, 0.05) is 50.5 Å². The van der Waals surface area contributed by atoms with Gasteiger partial charge in [-0.3, -0.25) is 9.89 Å². The molecule has 2 aliphatic heterocycles. The van der Waals surface area contributed by atoms with Gasteiger partial charge < -0.3 is 20.3 Å². The van der Waals surface area contributed by atoms with Crippen LogP contribution in [0.25, 0.3) is 0 Å². The maximum atomic E-state index is 5.51. The fraction of sp³-hybridized carbons (Fsp3) is 0.750. The van der Waals surface area contributed by atoms with Gasteiger partial charge in [-0.05, 0) is 44.8 Å². The van der Waals surface area contributed by atoms with Gasteiger partial charge in [0.05, 0.1) is 13.2 Å². The summed E-state index contributed by atoms with van der Waals surface area (Å²) < 4.78 is 5.51. The largest absolute Gasteiger partial charge is 0.378 e. The molecule has 31 heavy (non-hydrogen) atoms. The summed E-state index contributed by atoms with van der Waals surface area (Å²) in [7, 11) is 1.87. The first kappa shape index (κ1) is 22.3. The zero-order chi connectivity index (χ0) is 21.4. The Morgan fingerprint density at radius 2 is 1.77 bits per heavy atom. The molecule has 1 saturated carbocycles. The Labute approximate surface area is 187 Å². The van der Waals surface area contributed by atoms with E-state index in [1.807, 2.05) is 19.3 Å². The van der Waals surface area contributed by atoms with Gasteiger partial charge in [0.2, 0.25) is 0 Å². The fourth-order valence-electron chi connectivity index (χ4n) is 5.46. The van der Waals surface area contributed by atoms with Crippen LogP contribution in [0.3, 0.4) is 0 Å². The molecule has 3 aliphatic rings. The summed E-state index contributed by atoms with van der Waals surface area (Å²) in [5.41, 5.74) is 1.50. The summed E-state index contributed by atoms with van der Waals surface area (Å²) in [6, 6.07) is 4.18. The summed E-state index contributed by atoms with van der Waals surface area (Å²) in [5, 5.41) is 7.24. The standard InChI is InChI=1S/C24H40N6O/c1-25-23(27-19-21-9-8-12-26-22(21)29-15-17-31-18-16-29)28-20-24(10-4-2-5-11-24)30-13-6-3-7-14-30/h8-9,12H,2-7,10-11,13-20H2,1H3,(H2,25,27,28). The van der Waals surface area contributed by atoms with Crippen LogP contribution in [0.4, 0.5) is 5.82 Å². The molecule has 0 unspecified atom stereocenters. The molecular formula is C24H40N6O. The van der Waals surface area contributed by atoms with Gasteiger partial charge in [0.15, 0.2) is 5.96 Å². The number of rotatable bonds is 6. The van der Waals surface area contributed by atoms with Crippen molar-refractivity contribution in [3.05, 3.63) is 23.9 Å². The van der Waals surface area contributed by atoms with E-state index in [1.54, 1.807) is 0 Å². The second-order valence-electron chi connectivity index (χ2n) is 9.20. The molecule has 1 aromatic heterocycles. The number of anilines is 1. The number of likely N-dealkylation sites (tertiary alicyclic amines) is 1. The smallest absolute Gasteiger partial charge is 0.191 e. The number of hydrogen-bond donors (Lipinski definition) is 2. The third kappa shape index (κ3) is 5.69. The van der Waals surface area contributed by atoms with Gasteiger partial charge in [-0.1, -0.05) is 31.7 Å². The second kappa shape index (κ2) is 11.1. The van der Waals surface area contributed by atoms with E-state index in [-0.39, 0.29) is 0 Å². The number of aromatic nitrogens is 1. The second-order valence-corrected chi connectivity index (χ2v) is 9.20. The van der Waals surface area contributed by atoms with Crippen LogP contribution < -0.4 is 15.5 Å². The minimum Gasteiger partial charge on any atom is -0.378 e. The van der Waals surface area contributed by atoms with Crippen molar-refractivity contribution in [3.8, 4) is 0 Å². The van der Waals surface area contributed by atoms with Gasteiger partial charge in [0.1, 0.15) is 5.82 Å². The van der Waals surface area contributed by atoms with Crippen molar-refractivity contribution in [1.29, 1.82) is 0 Å². The van der Waals surface area contributed by atoms with Crippen LogP contribution in [0.15, 0.2) is 23.3 Å². The molecule has 7 heteroatoms. The minimum absolute atomic E-state index is 0.295. The highest BCUT2D eigenvalue weighted by molar-refractivity contribution is 5.79. The summed E-state index contributed by atoms with van der Waals surface area (Å²) in [5.74, 6) is 1.95.